The lowest BCUT2D eigenvalue weighted by Gasteiger charge is -2.34. The summed E-state index contributed by atoms with van der Waals surface area (Å²) in [6.45, 7) is 11.7. The molecule has 2 atom stereocenters. The van der Waals surface area contributed by atoms with Gasteiger partial charge in [0.05, 0.1) is 6.04 Å². The van der Waals surface area contributed by atoms with Crippen molar-refractivity contribution in [3.05, 3.63) is 0 Å². The fourth-order valence-corrected chi connectivity index (χ4v) is 2.00. The second-order valence-corrected chi connectivity index (χ2v) is 7.01. The van der Waals surface area contributed by atoms with Crippen LogP contribution in [0.1, 0.15) is 41.5 Å². The molecule has 0 unspecified atom stereocenters. The zero-order chi connectivity index (χ0) is 15.4. The standard InChI is InChI=1S/C14H29N3O2/c1-13(2,3)9(15-7)12(19)17-10(11(18)16-8)14(4,5)6/h9-10,15H,1-8H3,(H,16,18)(H,17,19)/t9-,10-/m1/s1. The molecule has 0 rings (SSSR count). The Balaban J connectivity index is 5.06. The molecule has 0 aliphatic carbocycles. The molecule has 3 N–H and O–H groups in total. The topological polar surface area (TPSA) is 70.2 Å². The molecule has 0 spiro atoms. The largest absolute Gasteiger partial charge is 0.357 e. The van der Waals surface area contributed by atoms with Gasteiger partial charge in [-0.1, -0.05) is 41.5 Å². The first-order valence-corrected chi connectivity index (χ1v) is 6.64. The Morgan fingerprint density at radius 1 is 0.789 bits per heavy atom. The van der Waals surface area contributed by atoms with Crippen LogP contribution in [-0.4, -0.2) is 38.0 Å². The minimum Gasteiger partial charge on any atom is -0.357 e. The summed E-state index contributed by atoms with van der Waals surface area (Å²) in [5, 5.41) is 8.46. The Morgan fingerprint density at radius 2 is 1.21 bits per heavy atom. The predicted octanol–water partition coefficient (Wildman–Crippen LogP) is 0.897. The van der Waals surface area contributed by atoms with Crippen LogP contribution in [0.5, 0.6) is 0 Å². The van der Waals surface area contributed by atoms with Crippen molar-refractivity contribution in [3.63, 3.8) is 0 Å². The second-order valence-electron chi connectivity index (χ2n) is 7.01. The summed E-state index contributed by atoms with van der Waals surface area (Å²) in [4.78, 5) is 24.3. The van der Waals surface area contributed by atoms with E-state index >= 15 is 0 Å². The molecular formula is C14H29N3O2. The predicted molar refractivity (Wildman–Crippen MR) is 77.8 cm³/mol. The first-order valence-electron chi connectivity index (χ1n) is 6.64. The zero-order valence-corrected chi connectivity index (χ0v) is 13.5. The molecule has 0 aliphatic heterocycles. The molecular weight excluding hydrogens is 242 g/mol. The van der Waals surface area contributed by atoms with Crippen LogP contribution in [0.25, 0.3) is 0 Å². The van der Waals surface area contributed by atoms with Crippen molar-refractivity contribution in [3.8, 4) is 0 Å². The van der Waals surface area contributed by atoms with E-state index in [1.54, 1.807) is 14.1 Å². The van der Waals surface area contributed by atoms with Gasteiger partial charge in [0.15, 0.2) is 0 Å². The second kappa shape index (κ2) is 6.37. The van der Waals surface area contributed by atoms with Gasteiger partial charge in [-0.2, -0.15) is 0 Å². The zero-order valence-electron chi connectivity index (χ0n) is 13.5. The maximum absolute atomic E-state index is 12.3. The number of likely N-dealkylation sites (N-methyl/N-ethyl adjacent to an activating group) is 2. The van der Waals surface area contributed by atoms with Crippen molar-refractivity contribution in [1.29, 1.82) is 0 Å². The van der Waals surface area contributed by atoms with Crippen LogP contribution in [0.2, 0.25) is 0 Å². The average molecular weight is 271 g/mol. The van der Waals surface area contributed by atoms with E-state index in [0.717, 1.165) is 0 Å². The third-order valence-electron chi connectivity index (χ3n) is 3.08. The van der Waals surface area contributed by atoms with Crippen LogP contribution in [-0.2, 0) is 9.59 Å². The molecule has 0 aliphatic rings. The van der Waals surface area contributed by atoms with Gasteiger partial charge in [-0.25, -0.2) is 0 Å². The quantitative estimate of drug-likeness (QED) is 0.711. The minimum atomic E-state index is -0.553. The van der Waals surface area contributed by atoms with Crippen molar-refractivity contribution in [1.82, 2.24) is 16.0 Å². The highest BCUT2D eigenvalue weighted by atomic mass is 16.2. The van der Waals surface area contributed by atoms with Gasteiger partial charge >= 0.3 is 0 Å². The molecule has 0 radical (unpaired) electrons. The van der Waals surface area contributed by atoms with E-state index in [-0.39, 0.29) is 28.7 Å². The highest BCUT2D eigenvalue weighted by Crippen LogP contribution is 2.22. The van der Waals surface area contributed by atoms with Crippen LogP contribution in [0.3, 0.4) is 0 Å². The number of hydrogen-bond acceptors (Lipinski definition) is 3. The lowest BCUT2D eigenvalue weighted by atomic mass is 9.83. The summed E-state index contributed by atoms with van der Waals surface area (Å²) in [7, 11) is 3.33. The van der Waals surface area contributed by atoms with Gasteiger partial charge in [0, 0.05) is 7.05 Å². The molecule has 0 aromatic carbocycles. The summed E-state index contributed by atoms with van der Waals surface area (Å²) < 4.78 is 0. The number of hydrogen-bond donors (Lipinski definition) is 3. The van der Waals surface area contributed by atoms with Crippen LogP contribution in [0, 0.1) is 10.8 Å². The van der Waals surface area contributed by atoms with Crippen LogP contribution < -0.4 is 16.0 Å². The Bertz CT molecular complexity index is 327. The van der Waals surface area contributed by atoms with Gasteiger partial charge in [0.2, 0.25) is 11.8 Å². The molecule has 19 heavy (non-hydrogen) atoms. The minimum absolute atomic E-state index is 0.154. The lowest BCUT2D eigenvalue weighted by Crippen LogP contribution is -2.59. The molecule has 0 heterocycles. The van der Waals surface area contributed by atoms with E-state index < -0.39 is 6.04 Å². The van der Waals surface area contributed by atoms with E-state index in [0.29, 0.717) is 0 Å². The van der Waals surface area contributed by atoms with Crippen molar-refractivity contribution >= 4 is 11.8 Å². The molecule has 0 saturated carbocycles. The summed E-state index contributed by atoms with van der Waals surface area (Å²) in [5.74, 6) is -0.330. The number of carbonyl (C=O) groups excluding carboxylic acids is 2. The molecule has 112 valence electrons. The van der Waals surface area contributed by atoms with Crippen molar-refractivity contribution < 1.29 is 9.59 Å². The monoisotopic (exact) mass is 271 g/mol. The lowest BCUT2D eigenvalue weighted by molar-refractivity contribution is -0.133. The van der Waals surface area contributed by atoms with Crippen molar-refractivity contribution in [2.75, 3.05) is 14.1 Å². The molecule has 5 nitrogen and oxygen atoms in total. The highest BCUT2D eigenvalue weighted by molar-refractivity contribution is 5.90. The van der Waals surface area contributed by atoms with Crippen LogP contribution >= 0.6 is 0 Å². The molecule has 0 aromatic rings. The first-order chi connectivity index (χ1) is 8.45. The van der Waals surface area contributed by atoms with Crippen molar-refractivity contribution in [2.45, 2.75) is 53.6 Å². The Hall–Kier alpha value is -1.10. The van der Waals surface area contributed by atoms with Gasteiger partial charge in [-0.15, -0.1) is 0 Å². The third kappa shape index (κ3) is 5.19. The van der Waals surface area contributed by atoms with E-state index in [9.17, 15) is 9.59 Å². The normalized spacial score (nSPS) is 15.6. The molecule has 0 saturated heterocycles. The molecule has 2 amide bonds. The maximum Gasteiger partial charge on any atom is 0.242 e. The number of rotatable bonds is 4. The Kier molecular flexibility index (Phi) is 6.00. The SMILES string of the molecule is CNC(=O)[C@@H](NC(=O)[C@@H](NC)C(C)(C)C)C(C)(C)C. The first kappa shape index (κ1) is 17.9. The van der Waals surface area contributed by atoms with Gasteiger partial charge in [-0.05, 0) is 17.9 Å². The number of nitrogens with one attached hydrogen (secondary N) is 3. The molecule has 0 fully saturated rings. The summed E-state index contributed by atoms with van der Waals surface area (Å²) in [6.07, 6.45) is 0. The Labute approximate surface area is 116 Å². The molecule has 0 bridgehead atoms. The van der Waals surface area contributed by atoms with Gasteiger partial charge < -0.3 is 16.0 Å². The van der Waals surface area contributed by atoms with Gasteiger partial charge in [0.25, 0.3) is 0 Å². The van der Waals surface area contributed by atoms with E-state index in [2.05, 4.69) is 16.0 Å². The van der Waals surface area contributed by atoms with E-state index in [4.69, 9.17) is 0 Å². The van der Waals surface area contributed by atoms with Crippen molar-refractivity contribution in [2.24, 2.45) is 10.8 Å². The number of amides is 2. The van der Waals surface area contributed by atoms with E-state index in [1.807, 2.05) is 41.5 Å². The summed E-state index contributed by atoms with van der Waals surface area (Å²) >= 11 is 0. The Morgan fingerprint density at radius 3 is 1.47 bits per heavy atom. The smallest absolute Gasteiger partial charge is 0.242 e. The van der Waals surface area contributed by atoms with Crippen LogP contribution in [0.15, 0.2) is 0 Å². The van der Waals surface area contributed by atoms with Gasteiger partial charge in [0.1, 0.15) is 6.04 Å². The van der Waals surface area contributed by atoms with E-state index in [1.165, 1.54) is 0 Å². The highest BCUT2D eigenvalue weighted by Gasteiger charge is 2.36. The van der Waals surface area contributed by atoms with Gasteiger partial charge in [-0.3, -0.25) is 9.59 Å². The van der Waals surface area contributed by atoms with Crippen LogP contribution in [0.4, 0.5) is 0 Å². The number of carbonyl (C=O) groups is 2. The molecule has 5 heteroatoms. The summed E-state index contributed by atoms with van der Waals surface area (Å²) in [5.41, 5.74) is -0.560. The average Bonchev–Trinajstić information content (AvgIpc) is 2.22. The maximum atomic E-state index is 12.3. The fourth-order valence-electron chi connectivity index (χ4n) is 2.00. The fraction of sp³-hybridized carbons (Fsp3) is 0.857. The summed E-state index contributed by atoms with van der Waals surface area (Å²) in [6, 6.07) is -0.898. The third-order valence-corrected chi connectivity index (χ3v) is 3.08. The molecule has 0 aromatic heterocycles.